The Kier molecular flexibility index (Phi) is 17.5. The first kappa shape index (κ1) is 19.5. The third-order valence-corrected chi connectivity index (χ3v) is 2.41. The van der Waals surface area contributed by atoms with E-state index in [0.29, 0.717) is 6.61 Å². The van der Waals surface area contributed by atoms with Crippen LogP contribution >= 0.6 is 0 Å². The van der Waals surface area contributed by atoms with Gasteiger partial charge >= 0.3 is 5.97 Å². The fraction of sp³-hybridized carbons (Fsp3) is 0.800. The van der Waals surface area contributed by atoms with Crippen LogP contribution in [-0.2, 0) is 9.53 Å². The molecule has 0 aromatic carbocycles. The Morgan fingerprint density at radius 2 is 1.67 bits per heavy atom. The van der Waals surface area contributed by atoms with Crippen molar-refractivity contribution < 1.29 is 9.53 Å². The summed E-state index contributed by atoms with van der Waals surface area (Å²) >= 11 is 0. The zero-order chi connectivity index (χ0) is 14.2. The maximum absolute atomic E-state index is 10.1. The summed E-state index contributed by atoms with van der Waals surface area (Å²) in [5.74, 6) is -0.359. The highest BCUT2D eigenvalue weighted by atomic mass is 16.5. The summed E-state index contributed by atoms with van der Waals surface area (Å²) in [4.78, 5) is 12.3. The second-order valence-electron chi connectivity index (χ2n) is 4.53. The van der Waals surface area contributed by atoms with E-state index in [1.807, 2.05) is 0 Å². The van der Waals surface area contributed by atoms with Gasteiger partial charge in [0, 0.05) is 6.08 Å². The molecule has 0 aliphatic rings. The lowest BCUT2D eigenvalue weighted by atomic mass is 10.1. The molecule has 0 saturated carbocycles. The Morgan fingerprint density at radius 1 is 1.11 bits per heavy atom. The maximum Gasteiger partial charge on any atom is 0.330 e. The summed E-state index contributed by atoms with van der Waals surface area (Å²) < 4.78 is 4.43. The first-order valence-electron chi connectivity index (χ1n) is 7.02. The van der Waals surface area contributed by atoms with Crippen LogP contribution in [0.4, 0.5) is 0 Å². The van der Waals surface area contributed by atoms with Crippen molar-refractivity contribution in [2.45, 2.75) is 52.4 Å². The van der Waals surface area contributed by atoms with Crippen LogP contribution < -0.4 is 0 Å². The van der Waals surface area contributed by atoms with Crippen molar-refractivity contribution >= 4 is 5.97 Å². The van der Waals surface area contributed by atoms with Crippen molar-refractivity contribution in [1.29, 1.82) is 0 Å². The summed E-state index contributed by atoms with van der Waals surface area (Å²) in [6, 6.07) is 0. The molecule has 3 heteroatoms. The molecule has 0 rings (SSSR count). The van der Waals surface area contributed by atoms with Gasteiger partial charge in [0.25, 0.3) is 0 Å². The van der Waals surface area contributed by atoms with E-state index < -0.39 is 0 Å². The predicted molar refractivity (Wildman–Crippen MR) is 78.8 cm³/mol. The Morgan fingerprint density at radius 3 is 2.06 bits per heavy atom. The van der Waals surface area contributed by atoms with Gasteiger partial charge in [-0.25, -0.2) is 4.79 Å². The summed E-state index contributed by atoms with van der Waals surface area (Å²) in [6.07, 6.45) is 9.57. The number of carbonyl (C=O) groups is 1. The Balaban J connectivity index is 0. The zero-order valence-electron chi connectivity index (χ0n) is 12.7. The van der Waals surface area contributed by atoms with Crippen LogP contribution in [0.25, 0.3) is 0 Å². The van der Waals surface area contributed by atoms with Gasteiger partial charge in [-0.1, -0.05) is 45.6 Å². The molecular formula is C15H31NO2. The molecule has 0 aliphatic heterocycles. The van der Waals surface area contributed by atoms with Crippen LogP contribution in [0, 0.1) is 0 Å². The van der Waals surface area contributed by atoms with Crippen LogP contribution in [-0.4, -0.2) is 38.1 Å². The summed E-state index contributed by atoms with van der Waals surface area (Å²) in [7, 11) is 4.29. The second-order valence-corrected chi connectivity index (χ2v) is 4.53. The van der Waals surface area contributed by atoms with Gasteiger partial charge in [-0.15, -0.1) is 0 Å². The van der Waals surface area contributed by atoms with Crippen LogP contribution in [0.1, 0.15) is 52.4 Å². The van der Waals surface area contributed by atoms with Crippen LogP contribution in [0.5, 0.6) is 0 Å². The molecule has 0 aromatic rings. The number of nitrogens with zero attached hydrogens (tertiary/aromatic N) is 1. The highest BCUT2D eigenvalue weighted by Gasteiger charge is 1.90. The molecule has 0 bridgehead atoms. The van der Waals surface area contributed by atoms with E-state index in [4.69, 9.17) is 0 Å². The van der Waals surface area contributed by atoms with Gasteiger partial charge in [0.05, 0.1) is 6.61 Å². The van der Waals surface area contributed by atoms with Crippen molar-refractivity contribution in [3.05, 3.63) is 12.7 Å². The molecular weight excluding hydrogens is 226 g/mol. The Hall–Kier alpha value is -0.830. The topological polar surface area (TPSA) is 29.5 Å². The lowest BCUT2D eigenvalue weighted by molar-refractivity contribution is -0.137. The van der Waals surface area contributed by atoms with Gasteiger partial charge in [0.2, 0.25) is 0 Å². The number of hydrogen-bond acceptors (Lipinski definition) is 3. The largest absolute Gasteiger partial charge is 0.463 e. The van der Waals surface area contributed by atoms with E-state index in [0.717, 1.165) is 6.08 Å². The van der Waals surface area contributed by atoms with Crippen LogP contribution in [0.2, 0.25) is 0 Å². The molecule has 0 atom stereocenters. The van der Waals surface area contributed by atoms with Crippen molar-refractivity contribution in [3.63, 3.8) is 0 Å². The molecule has 0 radical (unpaired) electrons. The maximum atomic E-state index is 10.1. The van der Waals surface area contributed by atoms with Gasteiger partial charge < -0.3 is 9.64 Å². The normalized spacial score (nSPS) is 9.61. The van der Waals surface area contributed by atoms with Crippen molar-refractivity contribution in [1.82, 2.24) is 4.90 Å². The average molecular weight is 257 g/mol. The Labute approximate surface area is 113 Å². The molecule has 0 fully saturated rings. The zero-order valence-corrected chi connectivity index (χ0v) is 12.7. The highest BCUT2D eigenvalue weighted by molar-refractivity contribution is 5.81. The third kappa shape index (κ3) is 20.6. The molecule has 0 N–H and O–H groups in total. The summed E-state index contributed by atoms with van der Waals surface area (Å²) in [5.41, 5.74) is 0. The molecule has 0 amide bonds. The molecule has 0 spiro atoms. The number of hydrogen-bond donors (Lipinski definition) is 0. The van der Waals surface area contributed by atoms with E-state index in [-0.39, 0.29) is 5.97 Å². The van der Waals surface area contributed by atoms with E-state index in [9.17, 15) is 4.79 Å². The molecule has 3 nitrogen and oxygen atoms in total. The standard InChI is InChI=1S/C10H23N.C5H8O2/c1-4-5-6-7-8-9-10-11(2)3;1-3-5(6)7-4-2/h4-10H2,1-3H3;3H,1,4H2,2H3. The SMILES string of the molecule is C=CC(=O)OCC.CCCCCCCCN(C)C. The molecule has 18 heavy (non-hydrogen) atoms. The van der Waals surface area contributed by atoms with Gasteiger partial charge in [-0.05, 0) is 34.0 Å². The van der Waals surface area contributed by atoms with Gasteiger partial charge in [-0.3, -0.25) is 0 Å². The smallest absolute Gasteiger partial charge is 0.330 e. The summed E-state index contributed by atoms with van der Waals surface area (Å²) in [5, 5.41) is 0. The number of ether oxygens (including phenoxy) is 1. The minimum atomic E-state index is -0.359. The monoisotopic (exact) mass is 257 g/mol. The molecule has 0 aliphatic carbocycles. The fourth-order valence-electron chi connectivity index (χ4n) is 1.41. The van der Waals surface area contributed by atoms with Gasteiger partial charge in [0.15, 0.2) is 0 Å². The second kappa shape index (κ2) is 16.2. The average Bonchev–Trinajstić information content (AvgIpc) is 2.34. The minimum absolute atomic E-state index is 0.359. The first-order chi connectivity index (χ1) is 8.58. The molecule has 108 valence electrons. The quantitative estimate of drug-likeness (QED) is 0.359. The summed E-state index contributed by atoms with van der Waals surface area (Å²) in [6.45, 7) is 8.90. The minimum Gasteiger partial charge on any atom is -0.463 e. The predicted octanol–water partition coefficient (Wildman–Crippen LogP) is 3.64. The molecule has 0 aromatic heterocycles. The van der Waals surface area contributed by atoms with Crippen LogP contribution in [0.3, 0.4) is 0 Å². The van der Waals surface area contributed by atoms with E-state index in [1.54, 1.807) is 6.92 Å². The lowest BCUT2D eigenvalue weighted by Crippen LogP contribution is -2.12. The van der Waals surface area contributed by atoms with Gasteiger partial charge in [0.1, 0.15) is 0 Å². The van der Waals surface area contributed by atoms with Gasteiger partial charge in [-0.2, -0.15) is 0 Å². The number of rotatable bonds is 9. The third-order valence-electron chi connectivity index (χ3n) is 2.41. The number of carbonyl (C=O) groups excluding carboxylic acids is 1. The van der Waals surface area contributed by atoms with Crippen molar-refractivity contribution in [2.75, 3.05) is 27.2 Å². The first-order valence-corrected chi connectivity index (χ1v) is 7.02. The molecule has 0 unspecified atom stereocenters. The molecule has 0 heterocycles. The molecule has 0 saturated heterocycles. The number of unbranched alkanes of at least 4 members (excludes halogenated alkanes) is 5. The number of esters is 1. The van der Waals surface area contributed by atoms with E-state index >= 15 is 0 Å². The Bertz CT molecular complexity index is 191. The highest BCUT2D eigenvalue weighted by Crippen LogP contribution is 2.04. The van der Waals surface area contributed by atoms with Crippen LogP contribution in [0.15, 0.2) is 12.7 Å². The van der Waals surface area contributed by atoms with E-state index in [2.05, 4.69) is 37.2 Å². The van der Waals surface area contributed by atoms with E-state index in [1.165, 1.54) is 45.1 Å². The lowest BCUT2D eigenvalue weighted by Gasteiger charge is -2.08. The van der Waals surface area contributed by atoms with Crippen molar-refractivity contribution in [2.24, 2.45) is 0 Å². The fourth-order valence-corrected chi connectivity index (χ4v) is 1.41. The van der Waals surface area contributed by atoms with Crippen molar-refractivity contribution in [3.8, 4) is 0 Å².